The Morgan fingerprint density at radius 1 is 1.11 bits per heavy atom. The number of thioether (sulfide) groups is 1. The maximum atomic E-state index is 6.13. The predicted octanol–water partition coefficient (Wildman–Crippen LogP) is 6.37. The molecule has 3 aromatic rings. The van der Waals surface area contributed by atoms with Crippen LogP contribution in [0, 0.1) is 0 Å². The standard InChI is InChI=1S/C22H24ClN3S/c1-5-13-26-20(17-7-6-8-19(23)14-17)24-25-21(26)27-15-16-9-11-18(12-10-16)22(2,3)4/h5-12,14H,1,13,15H2,2-4H3. The monoisotopic (exact) mass is 397 g/mol. The number of hydrogen-bond acceptors (Lipinski definition) is 3. The summed E-state index contributed by atoms with van der Waals surface area (Å²) >= 11 is 7.82. The number of allylic oxidation sites excluding steroid dienone is 1. The van der Waals surface area contributed by atoms with E-state index in [-0.39, 0.29) is 5.41 Å². The molecule has 2 aromatic carbocycles. The van der Waals surface area contributed by atoms with Crippen LogP contribution < -0.4 is 0 Å². The Hall–Kier alpha value is -2.04. The van der Waals surface area contributed by atoms with E-state index >= 15 is 0 Å². The van der Waals surface area contributed by atoms with Crippen LogP contribution in [0.25, 0.3) is 11.4 Å². The van der Waals surface area contributed by atoms with Crippen LogP contribution in [0.4, 0.5) is 0 Å². The number of rotatable bonds is 6. The van der Waals surface area contributed by atoms with Gasteiger partial charge in [0.05, 0.1) is 0 Å². The lowest BCUT2D eigenvalue weighted by molar-refractivity contribution is 0.590. The summed E-state index contributed by atoms with van der Waals surface area (Å²) in [5, 5.41) is 10.4. The molecule has 0 spiro atoms. The van der Waals surface area contributed by atoms with Crippen LogP contribution in [0.3, 0.4) is 0 Å². The van der Waals surface area contributed by atoms with Gasteiger partial charge in [-0.05, 0) is 28.7 Å². The van der Waals surface area contributed by atoms with E-state index in [1.165, 1.54) is 11.1 Å². The van der Waals surface area contributed by atoms with E-state index in [1.54, 1.807) is 11.8 Å². The van der Waals surface area contributed by atoms with Gasteiger partial charge in [-0.3, -0.25) is 4.57 Å². The van der Waals surface area contributed by atoms with Gasteiger partial charge in [-0.15, -0.1) is 16.8 Å². The molecule has 0 radical (unpaired) electrons. The van der Waals surface area contributed by atoms with Gasteiger partial charge in [-0.25, -0.2) is 0 Å². The molecule has 27 heavy (non-hydrogen) atoms. The Labute approximate surface area is 170 Å². The van der Waals surface area contributed by atoms with Crippen LogP contribution in [-0.4, -0.2) is 14.8 Å². The van der Waals surface area contributed by atoms with Crippen molar-refractivity contribution >= 4 is 23.4 Å². The molecule has 0 aliphatic heterocycles. The van der Waals surface area contributed by atoms with E-state index < -0.39 is 0 Å². The maximum absolute atomic E-state index is 6.13. The zero-order valence-electron chi connectivity index (χ0n) is 15.9. The van der Waals surface area contributed by atoms with Gasteiger partial charge < -0.3 is 0 Å². The van der Waals surface area contributed by atoms with Crippen LogP contribution in [0.15, 0.2) is 66.3 Å². The first-order chi connectivity index (χ1) is 12.9. The summed E-state index contributed by atoms with van der Waals surface area (Å²) in [6, 6.07) is 16.5. The molecule has 0 aliphatic carbocycles. The predicted molar refractivity (Wildman–Crippen MR) is 115 cm³/mol. The van der Waals surface area contributed by atoms with Gasteiger partial charge in [-0.2, -0.15) is 0 Å². The molecule has 5 heteroatoms. The lowest BCUT2D eigenvalue weighted by Crippen LogP contribution is -2.10. The topological polar surface area (TPSA) is 30.7 Å². The van der Waals surface area contributed by atoms with Gasteiger partial charge in [-0.1, -0.05) is 86.6 Å². The van der Waals surface area contributed by atoms with Gasteiger partial charge in [0.15, 0.2) is 11.0 Å². The van der Waals surface area contributed by atoms with E-state index in [1.807, 2.05) is 30.3 Å². The van der Waals surface area contributed by atoms with Crippen LogP contribution in [0.1, 0.15) is 31.9 Å². The molecule has 3 nitrogen and oxygen atoms in total. The average molecular weight is 398 g/mol. The fraction of sp³-hybridized carbons (Fsp3) is 0.273. The number of benzene rings is 2. The molecule has 1 aromatic heterocycles. The third-order valence-corrected chi connectivity index (χ3v) is 5.57. The highest BCUT2D eigenvalue weighted by Crippen LogP contribution is 2.29. The smallest absolute Gasteiger partial charge is 0.192 e. The molecule has 0 unspecified atom stereocenters. The van der Waals surface area contributed by atoms with Crippen LogP contribution in [0.2, 0.25) is 5.02 Å². The lowest BCUT2D eigenvalue weighted by atomic mass is 9.87. The number of halogens is 1. The molecule has 0 bridgehead atoms. The fourth-order valence-electron chi connectivity index (χ4n) is 2.78. The summed E-state index contributed by atoms with van der Waals surface area (Å²) in [4.78, 5) is 0. The summed E-state index contributed by atoms with van der Waals surface area (Å²) in [6.07, 6.45) is 1.86. The van der Waals surface area contributed by atoms with Gasteiger partial charge in [0.1, 0.15) is 0 Å². The lowest BCUT2D eigenvalue weighted by Gasteiger charge is -2.19. The highest BCUT2D eigenvalue weighted by Gasteiger charge is 2.15. The van der Waals surface area contributed by atoms with E-state index in [0.29, 0.717) is 11.6 Å². The molecule has 0 saturated heterocycles. The van der Waals surface area contributed by atoms with Gasteiger partial charge in [0, 0.05) is 22.9 Å². The van der Waals surface area contributed by atoms with Crippen molar-refractivity contribution in [2.24, 2.45) is 0 Å². The molecule has 3 rings (SSSR count). The minimum absolute atomic E-state index is 0.168. The fourth-order valence-corrected chi connectivity index (χ4v) is 3.87. The van der Waals surface area contributed by atoms with Crippen LogP contribution >= 0.6 is 23.4 Å². The van der Waals surface area contributed by atoms with Crippen molar-refractivity contribution < 1.29 is 0 Å². The molecule has 0 amide bonds. The van der Waals surface area contributed by atoms with Crippen molar-refractivity contribution in [3.05, 3.63) is 77.3 Å². The quantitative estimate of drug-likeness (QED) is 0.357. The van der Waals surface area contributed by atoms with E-state index in [4.69, 9.17) is 11.6 Å². The second kappa shape index (κ2) is 8.32. The molecule has 140 valence electrons. The normalized spacial score (nSPS) is 11.6. The molecule has 0 saturated carbocycles. The summed E-state index contributed by atoms with van der Waals surface area (Å²) in [5.74, 6) is 1.65. The first kappa shape index (κ1) is 19.7. The van der Waals surface area contributed by atoms with E-state index in [9.17, 15) is 0 Å². The van der Waals surface area contributed by atoms with E-state index in [0.717, 1.165) is 22.3 Å². The van der Waals surface area contributed by atoms with Crippen molar-refractivity contribution in [1.29, 1.82) is 0 Å². The van der Waals surface area contributed by atoms with Crippen LogP contribution in [-0.2, 0) is 17.7 Å². The van der Waals surface area contributed by atoms with Crippen molar-refractivity contribution in [1.82, 2.24) is 14.8 Å². The minimum atomic E-state index is 0.168. The van der Waals surface area contributed by atoms with Gasteiger partial charge >= 0.3 is 0 Å². The zero-order valence-corrected chi connectivity index (χ0v) is 17.5. The highest BCUT2D eigenvalue weighted by molar-refractivity contribution is 7.98. The number of aromatic nitrogens is 3. The average Bonchev–Trinajstić information content (AvgIpc) is 3.03. The summed E-state index contributed by atoms with van der Waals surface area (Å²) in [7, 11) is 0. The number of hydrogen-bond donors (Lipinski definition) is 0. The Balaban J connectivity index is 1.80. The van der Waals surface area contributed by atoms with Crippen molar-refractivity contribution in [2.45, 2.75) is 43.6 Å². The minimum Gasteiger partial charge on any atom is -0.298 e. The Kier molecular flexibility index (Phi) is 6.08. The maximum Gasteiger partial charge on any atom is 0.192 e. The summed E-state index contributed by atoms with van der Waals surface area (Å²) in [6.45, 7) is 11.2. The van der Waals surface area contributed by atoms with Gasteiger partial charge in [0.25, 0.3) is 0 Å². The third kappa shape index (κ3) is 4.82. The molecular formula is C22H24ClN3S. The summed E-state index contributed by atoms with van der Waals surface area (Å²) < 4.78 is 2.08. The second-order valence-electron chi connectivity index (χ2n) is 7.45. The molecule has 0 N–H and O–H groups in total. The third-order valence-electron chi connectivity index (χ3n) is 4.30. The van der Waals surface area contributed by atoms with Crippen molar-refractivity contribution in [2.75, 3.05) is 0 Å². The largest absolute Gasteiger partial charge is 0.298 e. The van der Waals surface area contributed by atoms with Gasteiger partial charge in [0.2, 0.25) is 0 Å². The molecule has 1 heterocycles. The first-order valence-electron chi connectivity index (χ1n) is 8.91. The highest BCUT2D eigenvalue weighted by atomic mass is 35.5. The Morgan fingerprint density at radius 3 is 2.48 bits per heavy atom. The molecule has 0 aliphatic rings. The summed E-state index contributed by atoms with van der Waals surface area (Å²) in [5.41, 5.74) is 3.74. The van der Waals surface area contributed by atoms with Crippen LogP contribution in [0.5, 0.6) is 0 Å². The molecule has 0 fully saturated rings. The SMILES string of the molecule is C=CCn1c(SCc2ccc(C(C)(C)C)cc2)nnc1-c1cccc(Cl)c1. The van der Waals surface area contributed by atoms with Crippen molar-refractivity contribution in [3.63, 3.8) is 0 Å². The Bertz CT molecular complexity index is 923. The molecule has 0 atom stereocenters. The number of nitrogens with zero attached hydrogens (tertiary/aromatic N) is 3. The second-order valence-corrected chi connectivity index (χ2v) is 8.83. The van der Waals surface area contributed by atoms with Crippen molar-refractivity contribution in [3.8, 4) is 11.4 Å². The Morgan fingerprint density at radius 2 is 1.85 bits per heavy atom. The first-order valence-corrected chi connectivity index (χ1v) is 10.3. The zero-order chi connectivity index (χ0) is 19.4. The van der Waals surface area contributed by atoms with E-state index in [2.05, 4.69) is 66.4 Å². The molecular weight excluding hydrogens is 374 g/mol.